The minimum Gasteiger partial charge on any atom is -0.477 e. The first-order valence-electron chi connectivity index (χ1n) is 10.3. The van der Waals surface area contributed by atoms with Crippen LogP contribution in [0.3, 0.4) is 0 Å². The maximum atomic E-state index is 12.6. The Balaban J connectivity index is 1.67. The molecule has 1 fully saturated rings. The van der Waals surface area contributed by atoms with Crippen LogP contribution in [0, 0.1) is 11.8 Å². The van der Waals surface area contributed by atoms with Crippen molar-refractivity contribution in [2.24, 2.45) is 17.6 Å². The number of imidazole rings is 1. The van der Waals surface area contributed by atoms with Gasteiger partial charge in [-0.3, -0.25) is 4.79 Å². The van der Waals surface area contributed by atoms with E-state index in [-0.39, 0.29) is 28.7 Å². The van der Waals surface area contributed by atoms with Gasteiger partial charge < -0.3 is 26.2 Å². The van der Waals surface area contributed by atoms with Crippen LogP contribution < -0.4 is 15.6 Å². The molecule has 0 unspecified atom stereocenters. The fourth-order valence-electron chi connectivity index (χ4n) is 4.78. The second-order valence-corrected chi connectivity index (χ2v) is 10.4. The largest absolute Gasteiger partial charge is 0.477 e. The smallest absolute Gasteiger partial charge is 0.352 e. The van der Waals surface area contributed by atoms with Crippen LogP contribution in [-0.4, -0.2) is 61.4 Å². The Kier molecular flexibility index (Phi) is 6.23. The average Bonchev–Trinajstić information content (AvgIpc) is 3.32. The predicted octanol–water partition coefficient (Wildman–Crippen LogP) is 0.887. The summed E-state index contributed by atoms with van der Waals surface area (Å²) < 4.78 is 4.17. The van der Waals surface area contributed by atoms with Crippen molar-refractivity contribution in [2.75, 3.05) is 12.8 Å². The molecule has 2 aliphatic heterocycles. The number of β-lactam (4-membered cyclic amide) rings is 1. The van der Waals surface area contributed by atoms with Crippen LogP contribution in [0.5, 0.6) is 0 Å². The molecule has 172 valence electrons. The summed E-state index contributed by atoms with van der Waals surface area (Å²) in [6.07, 6.45) is 5.99. The summed E-state index contributed by atoms with van der Waals surface area (Å²) in [4.78, 5) is 27.9. The third-order valence-corrected chi connectivity index (χ3v) is 8.34. The predicted molar refractivity (Wildman–Crippen MR) is 126 cm³/mol. The van der Waals surface area contributed by atoms with Crippen LogP contribution in [0.15, 0.2) is 23.2 Å². The van der Waals surface area contributed by atoms with Crippen molar-refractivity contribution >= 4 is 62.7 Å². The fourth-order valence-corrected chi connectivity index (χ4v) is 7.08. The number of hydrogen-bond donors (Lipinski definition) is 4. The fraction of sp³-hybridized carbons (Fsp3) is 0.500. The Hall–Kier alpha value is -2.15. The van der Waals surface area contributed by atoms with Gasteiger partial charge in [-0.25, -0.2) is 9.36 Å². The quantitative estimate of drug-likeness (QED) is 0.140. The van der Waals surface area contributed by atoms with Gasteiger partial charge in [0.2, 0.25) is 15.8 Å². The number of carboxylic acids is 1. The number of nitrogens with zero attached hydrogens (tertiary/aromatic N) is 3. The van der Waals surface area contributed by atoms with Crippen LogP contribution in [0.2, 0.25) is 0 Å². The van der Waals surface area contributed by atoms with Gasteiger partial charge in [-0.2, -0.15) is 4.40 Å². The van der Waals surface area contributed by atoms with Crippen molar-refractivity contribution in [1.82, 2.24) is 14.6 Å². The van der Waals surface area contributed by atoms with Gasteiger partial charge in [-0.1, -0.05) is 30.0 Å². The van der Waals surface area contributed by atoms with Crippen LogP contribution >= 0.6 is 35.3 Å². The molecule has 0 spiro atoms. The molecule has 5 N–H and O–H groups in total. The third kappa shape index (κ3) is 3.58. The number of thioether (sulfide) groups is 1. The molecule has 1 amide bonds. The van der Waals surface area contributed by atoms with Gasteiger partial charge in [-0.05, 0) is 25.4 Å². The van der Waals surface area contributed by atoms with Crippen LogP contribution in [0.4, 0.5) is 0 Å². The molecule has 0 aliphatic carbocycles. The molecular formula is C20H26N5O4S3+. The number of nitrogens with one attached hydrogen (secondary N) is 1. The summed E-state index contributed by atoms with van der Waals surface area (Å²) in [7, 11) is 0. The molecule has 4 atom stereocenters. The number of carbonyl (C=O) groups excluding carboxylic acids is 1. The normalized spacial score (nSPS) is 23.4. The number of aryl methyl sites for hydroxylation is 1. The van der Waals surface area contributed by atoms with Gasteiger partial charge in [0.05, 0.1) is 29.5 Å². The lowest BCUT2D eigenvalue weighted by molar-refractivity contribution is -0.729. The third-order valence-electron chi connectivity index (χ3n) is 6.11. The molecule has 2 aliphatic rings. The zero-order valence-electron chi connectivity index (χ0n) is 17.9. The number of aromatic nitrogens is 2. The summed E-state index contributed by atoms with van der Waals surface area (Å²) in [5, 5.41) is 24.3. The highest BCUT2D eigenvalue weighted by molar-refractivity contribution is 7.98. The Labute approximate surface area is 198 Å². The van der Waals surface area contributed by atoms with E-state index in [1.54, 1.807) is 18.7 Å². The van der Waals surface area contributed by atoms with Crippen molar-refractivity contribution in [2.45, 2.75) is 44.0 Å². The van der Waals surface area contributed by atoms with E-state index in [9.17, 15) is 19.8 Å². The highest BCUT2D eigenvalue weighted by Crippen LogP contribution is 2.51. The summed E-state index contributed by atoms with van der Waals surface area (Å²) >= 11 is 7.99. The van der Waals surface area contributed by atoms with Gasteiger partial charge in [0.15, 0.2) is 5.11 Å². The summed E-state index contributed by atoms with van der Waals surface area (Å²) in [5.74, 6) is -2.18. The van der Waals surface area contributed by atoms with Gasteiger partial charge in [0.25, 0.3) is 6.33 Å². The number of nitrogens with two attached hydrogens (primary N) is 1. The lowest BCUT2D eigenvalue weighted by Crippen LogP contribution is -2.63. The number of thiocarbonyl (C=S) groups is 1. The minimum atomic E-state index is -1.12. The van der Waals surface area contributed by atoms with E-state index < -0.39 is 18.0 Å². The second-order valence-electron chi connectivity index (χ2n) is 8.09. The number of aliphatic hydroxyl groups is 1. The monoisotopic (exact) mass is 496 g/mol. The van der Waals surface area contributed by atoms with Crippen LogP contribution in [0.1, 0.15) is 25.1 Å². The number of rotatable bonds is 8. The SMILES string of the molecule is CSc1c2sc(C3=C(C(=O)O)N4C(=O)[C@H]([C@@H](C)O)[C@H]4[C@H]3C)cn2c[n+]1CCCNC(N)=S. The Morgan fingerprint density at radius 1 is 1.50 bits per heavy atom. The van der Waals surface area contributed by atoms with E-state index in [4.69, 9.17) is 18.0 Å². The minimum absolute atomic E-state index is 0.0382. The molecule has 1 saturated heterocycles. The molecule has 9 nitrogen and oxygen atoms in total. The van der Waals surface area contributed by atoms with Crippen molar-refractivity contribution in [1.29, 1.82) is 0 Å². The van der Waals surface area contributed by atoms with Gasteiger partial charge >= 0.3 is 5.97 Å². The molecule has 0 aromatic carbocycles. The van der Waals surface area contributed by atoms with Crippen molar-refractivity contribution in [3.63, 3.8) is 0 Å². The van der Waals surface area contributed by atoms with E-state index >= 15 is 0 Å². The van der Waals surface area contributed by atoms with E-state index in [1.807, 2.05) is 30.1 Å². The molecule has 0 saturated carbocycles. The van der Waals surface area contributed by atoms with E-state index in [0.29, 0.717) is 12.1 Å². The lowest BCUT2D eigenvalue weighted by atomic mass is 9.77. The molecule has 2 aromatic rings. The summed E-state index contributed by atoms with van der Waals surface area (Å²) in [6, 6.07) is -0.323. The molecular weight excluding hydrogens is 470 g/mol. The highest BCUT2D eigenvalue weighted by atomic mass is 32.2. The maximum Gasteiger partial charge on any atom is 0.352 e. The molecule has 4 heterocycles. The first-order chi connectivity index (χ1) is 15.2. The van der Waals surface area contributed by atoms with Crippen molar-refractivity contribution in [3.05, 3.63) is 23.1 Å². The van der Waals surface area contributed by atoms with Crippen LogP contribution in [-0.2, 0) is 16.1 Å². The molecule has 12 heteroatoms. The zero-order chi connectivity index (χ0) is 23.3. The number of carboxylic acid groups (broad SMARTS) is 1. The highest BCUT2D eigenvalue weighted by Gasteiger charge is 2.60. The van der Waals surface area contributed by atoms with E-state index in [1.165, 1.54) is 16.2 Å². The Morgan fingerprint density at radius 3 is 2.81 bits per heavy atom. The number of hydrogen-bond acceptors (Lipinski definition) is 6. The number of carbonyl (C=O) groups is 2. The van der Waals surface area contributed by atoms with Crippen molar-refractivity contribution in [3.8, 4) is 0 Å². The summed E-state index contributed by atoms with van der Waals surface area (Å²) in [6.45, 7) is 4.99. The molecule has 4 rings (SSSR count). The first-order valence-corrected chi connectivity index (χ1v) is 12.7. The average molecular weight is 497 g/mol. The molecule has 0 bridgehead atoms. The Bertz CT molecular complexity index is 1140. The summed E-state index contributed by atoms with van der Waals surface area (Å²) in [5.41, 5.74) is 6.17. The Morgan fingerprint density at radius 2 is 2.22 bits per heavy atom. The van der Waals surface area contributed by atoms with Gasteiger partial charge in [0.1, 0.15) is 11.9 Å². The zero-order valence-corrected chi connectivity index (χ0v) is 20.4. The molecule has 2 aromatic heterocycles. The van der Waals surface area contributed by atoms with Crippen LogP contribution in [0.25, 0.3) is 10.4 Å². The molecule has 0 radical (unpaired) electrons. The van der Waals surface area contributed by atoms with Crippen molar-refractivity contribution < 1.29 is 24.4 Å². The second kappa shape index (κ2) is 8.65. The number of amides is 1. The first kappa shape index (κ1) is 23.0. The topological polar surface area (TPSA) is 124 Å². The van der Waals surface area contributed by atoms with Gasteiger partial charge in [-0.15, -0.1) is 0 Å². The maximum absolute atomic E-state index is 12.6. The lowest BCUT2D eigenvalue weighted by Gasteiger charge is -2.46. The standard InChI is InChI=1S/C20H25N5O4S3/c1-9-12(15(19(28)29)25-14(9)13(10(2)26)16(25)27)11-7-24-8-23(6-4-5-22-20(21)30)17(31-3)18(24)32-11/h7-10,13-14,26H,4-6H2,1-3H3,(H3-,21,22,28,29,30)/p+1/t9-,10+,13+,14+/m0/s1. The van der Waals surface area contributed by atoms with E-state index in [0.717, 1.165) is 27.7 Å². The number of aliphatic hydroxyl groups excluding tert-OH is 1. The van der Waals surface area contributed by atoms with E-state index in [2.05, 4.69) is 9.88 Å². The molecule has 32 heavy (non-hydrogen) atoms. The number of fused-ring (bicyclic) bond motifs is 2. The van der Waals surface area contributed by atoms with Gasteiger partial charge in [0, 0.05) is 24.5 Å². The number of aliphatic carboxylic acids is 1. The number of thiazole rings is 1.